The molecule has 0 aliphatic rings. The van der Waals surface area contributed by atoms with Crippen LogP contribution in [0.15, 0.2) is 48.6 Å². The summed E-state index contributed by atoms with van der Waals surface area (Å²) >= 11 is 0. The number of carboxylic acid groups (broad SMARTS) is 1. The van der Waals surface area contributed by atoms with Crippen molar-refractivity contribution in [3.8, 4) is 0 Å². The summed E-state index contributed by atoms with van der Waals surface area (Å²) in [6.45, 7) is 4.72. The molecular weight excluding hydrogens is 827 g/mol. The van der Waals surface area contributed by atoms with E-state index in [0.717, 1.165) is 70.6 Å². The number of carboxylic acids is 1. The summed E-state index contributed by atoms with van der Waals surface area (Å²) in [6, 6.07) is 0. The lowest BCUT2D eigenvalue weighted by molar-refractivity contribution is -0.870. The third kappa shape index (κ3) is 49.2. The number of carbonyl (C=O) groups is 3. The highest BCUT2D eigenvalue weighted by Crippen LogP contribution is 2.15. The van der Waals surface area contributed by atoms with Crippen LogP contribution < -0.4 is 5.11 Å². The van der Waals surface area contributed by atoms with Crippen LogP contribution in [-0.4, -0.2) is 82.3 Å². The van der Waals surface area contributed by atoms with Gasteiger partial charge in [0.2, 0.25) is 0 Å². The van der Waals surface area contributed by atoms with Crippen molar-refractivity contribution < 1.29 is 42.9 Å². The number of quaternary nitrogens is 1. The van der Waals surface area contributed by atoms with Gasteiger partial charge in [-0.1, -0.05) is 197 Å². The van der Waals surface area contributed by atoms with Gasteiger partial charge in [0.1, 0.15) is 13.2 Å². The predicted molar refractivity (Wildman–Crippen MR) is 274 cm³/mol. The smallest absolute Gasteiger partial charge is 0.306 e. The Morgan fingerprint density at radius 2 is 0.818 bits per heavy atom. The van der Waals surface area contributed by atoms with Crippen molar-refractivity contribution in [1.82, 2.24) is 0 Å². The molecule has 0 saturated carbocycles. The van der Waals surface area contributed by atoms with Crippen LogP contribution in [-0.2, 0) is 33.3 Å². The van der Waals surface area contributed by atoms with Gasteiger partial charge in [-0.15, -0.1) is 0 Å². The standard InChI is InChI=1S/C57H103NO8/c1-6-8-10-12-14-16-18-20-22-23-24-25-26-27-28-29-30-31-32-33-34-36-38-40-42-44-46-48-55(60)66-53(52-65-57(56(61)62)63-50-49-58(3,4)5)51-64-54(59)47-45-43-41-39-37-35-21-19-17-15-13-11-9-7-2/h18-21,23-24,26-27,53,57H,6-17,22,25,28-52H2,1-5H3/b20-18-,21-19-,24-23-,27-26-. The van der Waals surface area contributed by atoms with Crippen molar-refractivity contribution in [3.63, 3.8) is 0 Å². The first kappa shape index (κ1) is 63.2. The van der Waals surface area contributed by atoms with E-state index in [1.54, 1.807) is 0 Å². The number of carbonyl (C=O) groups excluding carboxylic acids is 3. The number of aliphatic carboxylic acids is 1. The molecule has 0 aliphatic carbocycles. The predicted octanol–water partition coefficient (Wildman–Crippen LogP) is 14.2. The molecule has 9 heteroatoms. The van der Waals surface area contributed by atoms with Crippen LogP contribution in [0.3, 0.4) is 0 Å². The minimum atomic E-state index is -1.62. The molecular formula is C57H103NO8. The first-order chi connectivity index (χ1) is 32.1. The van der Waals surface area contributed by atoms with Gasteiger partial charge in [-0.25, -0.2) is 0 Å². The van der Waals surface area contributed by atoms with E-state index in [1.165, 1.54) is 135 Å². The SMILES string of the molecule is CCCCCCC/C=C\C/C=C\C/C=C\CCCCCCCCCCCCCCC(=O)OC(COC(=O)CCCCCCC/C=C\CCCCCCC)COC(OCC[N+](C)(C)C)C(=O)[O-]. The molecule has 384 valence electrons. The Morgan fingerprint density at radius 1 is 0.455 bits per heavy atom. The maximum atomic E-state index is 12.8. The fourth-order valence-electron chi connectivity index (χ4n) is 7.54. The third-order valence-electron chi connectivity index (χ3n) is 11.8. The van der Waals surface area contributed by atoms with Gasteiger partial charge in [0, 0.05) is 12.8 Å². The van der Waals surface area contributed by atoms with Gasteiger partial charge >= 0.3 is 11.9 Å². The number of unbranched alkanes of at least 4 members (excludes halogenated alkanes) is 27. The summed E-state index contributed by atoms with van der Waals surface area (Å²) in [5.74, 6) is -2.29. The second kappa shape index (κ2) is 48.7. The second-order valence-corrected chi connectivity index (χ2v) is 19.5. The normalized spacial score (nSPS) is 13.2. The lowest BCUT2D eigenvalue weighted by Crippen LogP contribution is -2.44. The number of nitrogens with zero attached hydrogens (tertiary/aromatic N) is 1. The number of allylic oxidation sites excluding steroid dienone is 8. The lowest BCUT2D eigenvalue weighted by atomic mass is 10.0. The van der Waals surface area contributed by atoms with E-state index in [1.807, 2.05) is 21.1 Å². The number of hydrogen-bond acceptors (Lipinski definition) is 8. The maximum Gasteiger partial charge on any atom is 0.306 e. The van der Waals surface area contributed by atoms with E-state index in [2.05, 4.69) is 62.5 Å². The quantitative estimate of drug-likeness (QED) is 0.0195. The number of likely N-dealkylation sites (N-methyl/N-ethyl adjacent to an activating group) is 1. The largest absolute Gasteiger partial charge is 0.545 e. The molecule has 0 N–H and O–H groups in total. The lowest BCUT2D eigenvalue weighted by Gasteiger charge is -2.26. The van der Waals surface area contributed by atoms with Crippen molar-refractivity contribution >= 4 is 17.9 Å². The zero-order chi connectivity index (χ0) is 48.4. The van der Waals surface area contributed by atoms with Gasteiger partial charge in [0.25, 0.3) is 0 Å². The number of ether oxygens (including phenoxy) is 4. The molecule has 0 aromatic heterocycles. The Hall–Kier alpha value is -2.75. The van der Waals surface area contributed by atoms with E-state index in [4.69, 9.17) is 18.9 Å². The van der Waals surface area contributed by atoms with Gasteiger partial charge in [0.15, 0.2) is 12.4 Å². The van der Waals surface area contributed by atoms with E-state index in [0.29, 0.717) is 17.4 Å². The first-order valence-electron chi connectivity index (χ1n) is 27.3. The molecule has 0 amide bonds. The molecule has 0 heterocycles. The molecule has 0 spiro atoms. The van der Waals surface area contributed by atoms with Crippen LogP contribution in [0, 0.1) is 0 Å². The molecule has 0 rings (SSSR count). The average Bonchev–Trinajstić information content (AvgIpc) is 3.28. The maximum absolute atomic E-state index is 12.8. The van der Waals surface area contributed by atoms with Crippen LogP contribution in [0.2, 0.25) is 0 Å². The van der Waals surface area contributed by atoms with E-state index in [9.17, 15) is 19.5 Å². The monoisotopic (exact) mass is 930 g/mol. The Labute approximate surface area is 406 Å². The van der Waals surface area contributed by atoms with Crippen molar-refractivity contribution in [3.05, 3.63) is 48.6 Å². The second-order valence-electron chi connectivity index (χ2n) is 19.5. The van der Waals surface area contributed by atoms with Crippen LogP contribution in [0.1, 0.15) is 239 Å². The molecule has 0 fully saturated rings. The molecule has 9 nitrogen and oxygen atoms in total. The van der Waals surface area contributed by atoms with Gasteiger partial charge < -0.3 is 33.3 Å². The third-order valence-corrected chi connectivity index (χ3v) is 11.8. The summed E-state index contributed by atoms with van der Waals surface area (Å²) in [5, 5.41) is 11.7. The first-order valence-corrected chi connectivity index (χ1v) is 27.3. The van der Waals surface area contributed by atoms with Crippen molar-refractivity contribution in [1.29, 1.82) is 0 Å². The number of rotatable bonds is 50. The van der Waals surface area contributed by atoms with E-state index < -0.39 is 24.3 Å². The summed E-state index contributed by atoms with van der Waals surface area (Å²) in [5.41, 5.74) is 0. The molecule has 0 aromatic rings. The fraction of sp³-hybridized carbons (Fsp3) is 0.807. The van der Waals surface area contributed by atoms with Crippen molar-refractivity contribution in [2.75, 3.05) is 47.5 Å². The molecule has 2 atom stereocenters. The van der Waals surface area contributed by atoms with Gasteiger partial charge in [0.05, 0.1) is 40.3 Å². The van der Waals surface area contributed by atoms with Crippen LogP contribution in [0.4, 0.5) is 0 Å². The Morgan fingerprint density at radius 3 is 1.23 bits per heavy atom. The molecule has 66 heavy (non-hydrogen) atoms. The molecule has 0 radical (unpaired) electrons. The molecule has 0 aliphatic heterocycles. The van der Waals surface area contributed by atoms with Gasteiger partial charge in [-0.3, -0.25) is 9.59 Å². The molecule has 0 bridgehead atoms. The van der Waals surface area contributed by atoms with E-state index >= 15 is 0 Å². The molecule has 2 unspecified atom stereocenters. The molecule has 0 aromatic carbocycles. The molecule has 0 saturated heterocycles. The van der Waals surface area contributed by atoms with Crippen LogP contribution >= 0.6 is 0 Å². The summed E-state index contributed by atoms with van der Waals surface area (Å²) in [7, 11) is 5.91. The Balaban J connectivity index is 4.24. The highest BCUT2D eigenvalue weighted by molar-refractivity contribution is 5.70. The van der Waals surface area contributed by atoms with Crippen LogP contribution in [0.5, 0.6) is 0 Å². The summed E-state index contributed by atoms with van der Waals surface area (Å²) in [4.78, 5) is 37.2. The zero-order valence-corrected chi connectivity index (χ0v) is 43.6. The summed E-state index contributed by atoms with van der Waals surface area (Å²) < 4.78 is 22.6. The highest BCUT2D eigenvalue weighted by Gasteiger charge is 2.22. The minimum absolute atomic E-state index is 0.146. The zero-order valence-electron chi connectivity index (χ0n) is 43.6. The summed E-state index contributed by atoms with van der Waals surface area (Å²) in [6.07, 6.45) is 55.8. The van der Waals surface area contributed by atoms with Gasteiger partial charge in [-0.2, -0.15) is 0 Å². The topological polar surface area (TPSA) is 111 Å². The average molecular weight is 930 g/mol. The van der Waals surface area contributed by atoms with E-state index in [-0.39, 0.29) is 38.6 Å². The Bertz CT molecular complexity index is 1220. The number of esters is 2. The van der Waals surface area contributed by atoms with Crippen molar-refractivity contribution in [2.24, 2.45) is 0 Å². The highest BCUT2D eigenvalue weighted by atomic mass is 16.7. The fourth-order valence-corrected chi connectivity index (χ4v) is 7.54. The number of hydrogen-bond donors (Lipinski definition) is 0. The van der Waals surface area contributed by atoms with Crippen molar-refractivity contribution in [2.45, 2.75) is 251 Å². The minimum Gasteiger partial charge on any atom is -0.545 e. The van der Waals surface area contributed by atoms with Gasteiger partial charge in [-0.05, 0) is 77.0 Å². The van der Waals surface area contributed by atoms with Crippen LogP contribution in [0.25, 0.3) is 0 Å². The Kier molecular flexibility index (Phi) is 46.7.